The van der Waals surface area contributed by atoms with E-state index in [0.717, 1.165) is 70.6 Å². The molecule has 2 unspecified atom stereocenters. The van der Waals surface area contributed by atoms with E-state index in [9.17, 15) is 19.8 Å². The van der Waals surface area contributed by atoms with E-state index in [1.165, 1.54) is 283 Å². The maximum atomic E-state index is 12.5. The van der Waals surface area contributed by atoms with Crippen LogP contribution in [0.15, 0.2) is 24.3 Å². The van der Waals surface area contributed by atoms with Crippen molar-refractivity contribution in [3.05, 3.63) is 24.3 Å². The standard InChI is InChI=1S/C70H135NO5/c1-3-5-7-9-11-13-15-17-19-21-23-24-25-26-27-28-30-31-34-38-42-46-50-54-58-62-68(73)67(66-72)71-69(74)63-59-55-51-47-43-39-35-33-37-41-45-49-53-57-61-65-76-70(75)64-60-56-52-48-44-40-36-32-29-22-20-18-16-14-12-10-8-6-4-2/h18,20,37,41,67-68,72-73H,3-17,19,21-36,38-40,42-66H2,1-2H3,(H,71,74)/b20-18-,41-37-. The second kappa shape index (κ2) is 65.9. The number of carbonyl (C=O) groups is 2. The predicted molar refractivity (Wildman–Crippen MR) is 333 cm³/mol. The van der Waals surface area contributed by atoms with Crippen LogP contribution in [0.4, 0.5) is 0 Å². The molecule has 0 rings (SSSR count). The third-order valence-corrected chi connectivity index (χ3v) is 16.2. The van der Waals surface area contributed by atoms with Gasteiger partial charge in [0.05, 0.1) is 25.4 Å². The lowest BCUT2D eigenvalue weighted by Gasteiger charge is -2.22. The lowest BCUT2D eigenvalue weighted by Crippen LogP contribution is -2.45. The molecular weight excluding hydrogens is 935 g/mol. The Bertz CT molecular complexity index is 1190. The van der Waals surface area contributed by atoms with Crippen molar-refractivity contribution >= 4 is 11.9 Å². The lowest BCUT2D eigenvalue weighted by atomic mass is 10.0. The summed E-state index contributed by atoms with van der Waals surface area (Å²) in [6, 6.07) is -0.555. The maximum absolute atomic E-state index is 12.5. The molecule has 0 spiro atoms. The van der Waals surface area contributed by atoms with Crippen molar-refractivity contribution in [2.45, 2.75) is 398 Å². The van der Waals surface area contributed by atoms with E-state index >= 15 is 0 Å². The number of esters is 1. The molecule has 76 heavy (non-hydrogen) atoms. The average molecular weight is 1070 g/mol. The van der Waals surface area contributed by atoms with Gasteiger partial charge in [0.1, 0.15) is 0 Å². The van der Waals surface area contributed by atoms with Gasteiger partial charge in [-0.3, -0.25) is 9.59 Å². The molecule has 0 aliphatic carbocycles. The van der Waals surface area contributed by atoms with E-state index in [1.54, 1.807) is 0 Å². The molecule has 0 fully saturated rings. The number of rotatable bonds is 65. The summed E-state index contributed by atoms with van der Waals surface area (Å²) in [7, 11) is 0. The number of amides is 1. The first-order valence-electron chi connectivity index (χ1n) is 34.6. The second-order valence-corrected chi connectivity index (χ2v) is 23.9. The molecule has 0 aromatic carbocycles. The molecule has 2 atom stereocenters. The average Bonchev–Trinajstić information content (AvgIpc) is 3.42. The van der Waals surface area contributed by atoms with Gasteiger partial charge >= 0.3 is 5.97 Å². The lowest BCUT2D eigenvalue weighted by molar-refractivity contribution is -0.143. The summed E-state index contributed by atoms with van der Waals surface area (Å²) in [6.45, 7) is 4.95. The van der Waals surface area contributed by atoms with Crippen molar-refractivity contribution in [3.63, 3.8) is 0 Å². The summed E-state index contributed by atoms with van der Waals surface area (Å²) in [5, 5.41) is 23.4. The minimum atomic E-state index is -0.676. The summed E-state index contributed by atoms with van der Waals surface area (Å²) in [5.41, 5.74) is 0. The van der Waals surface area contributed by atoms with Crippen LogP contribution in [-0.2, 0) is 14.3 Å². The van der Waals surface area contributed by atoms with Gasteiger partial charge in [-0.2, -0.15) is 0 Å². The molecule has 1 amide bonds. The van der Waals surface area contributed by atoms with Crippen LogP contribution < -0.4 is 5.32 Å². The Morgan fingerprint density at radius 1 is 0.355 bits per heavy atom. The zero-order valence-corrected chi connectivity index (χ0v) is 51.5. The predicted octanol–water partition coefficient (Wildman–Crippen LogP) is 22.1. The highest BCUT2D eigenvalue weighted by atomic mass is 16.5. The summed E-state index contributed by atoms with van der Waals surface area (Å²) in [5.74, 6) is -0.0549. The first kappa shape index (κ1) is 74.3. The van der Waals surface area contributed by atoms with Crippen molar-refractivity contribution in [1.29, 1.82) is 0 Å². The normalized spacial score (nSPS) is 12.6. The van der Waals surface area contributed by atoms with E-state index in [4.69, 9.17) is 4.74 Å². The molecule has 0 aliphatic heterocycles. The van der Waals surface area contributed by atoms with Gasteiger partial charge in [-0.15, -0.1) is 0 Å². The topological polar surface area (TPSA) is 95.9 Å². The first-order chi connectivity index (χ1) is 37.5. The van der Waals surface area contributed by atoms with Gasteiger partial charge in [-0.25, -0.2) is 0 Å². The van der Waals surface area contributed by atoms with Gasteiger partial charge in [0, 0.05) is 12.8 Å². The molecule has 6 nitrogen and oxygen atoms in total. The number of aliphatic hydroxyl groups excluding tert-OH is 2. The molecule has 450 valence electrons. The first-order valence-corrected chi connectivity index (χ1v) is 34.6. The third-order valence-electron chi connectivity index (χ3n) is 16.2. The van der Waals surface area contributed by atoms with E-state index < -0.39 is 12.1 Å². The Morgan fingerprint density at radius 3 is 0.934 bits per heavy atom. The molecule has 3 N–H and O–H groups in total. The van der Waals surface area contributed by atoms with Gasteiger partial charge in [-0.1, -0.05) is 321 Å². The molecule has 0 heterocycles. The van der Waals surface area contributed by atoms with Gasteiger partial charge in [0.15, 0.2) is 0 Å². The summed E-state index contributed by atoms with van der Waals surface area (Å²) in [4.78, 5) is 24.7. The number of hydrogen-bond donors (Lipinski definition) is 3. The van der Waals surface area contributed by atoms with Gasteiger partial charge in [-0.05, 0) is 77.0 Å². The van der Waals surface area contributed by atoms with Gasteiger partial charge in [0.25, 0.3) is 0 Å². The van der Waals surface area contributed by atoms with Crippen molar-refractivity contribution in [2.75, 3.05) is 13.2 Å². The highest BCUT2D eigenvalue weighted by molar-refractivity contribution is 5.76. The smallest absolute Gasteiger partial charge is 0.305 e. The van der Waals surface area contributed by atoms with Crippen LogP contribution >= 0.6 is 0 Å². The van der Waals surface area contributed by atoms with Crippen molar-refractivity contribution < 1.29 is 24.5 Å². The third kappa shape index (κ3) is 61.6. The highest BCUT2D eigenvalue weighted by Crippen LogP contribution is 2.19. The quantitative estimate of drug-likeness (QED) is 0.0320. The zero-order chi connectivity index (χ0) is 55.0. The Labute approximate surface area is 475 Å². The van der Waals surface area contributed by atoms with Crippen LogP contribution in [0.2, 0.25) is 0 Å². The highest BCUT2D eigenvalue weighted by Gasteiger charge is 2.20. The fourth-order valence-corrected chi connectivity index (χ4v) is 10.9. The number of unbranched alkanes of at least 4 members (excludes halogenated alkanes) is 50. The van der Waals surface area contributed by atoms with E-state index in [1.807, 2.05) is 0 Å². The Kier molecular flexibility index (Phi) is 64.4. The van der Waals surface area contributed by atoms with E-state index in [0.29, 0.717) is 25.9 Å². The monoisotopic (exact) mass is 1070 g/mol. The Morgan fingerprint density at radius 2 is 0.618 bits per heavy atom. The van der Waals surface area contributed by atoms with Crippen LogP contribution in [0, 0.1) is 0 Å². The minimum absolute atomic E-state index is 0.00916. The molecule has 6 heteroatoms. The number of nitrogens with one attached hydrogen (secondary N) is 1. The molecule has 0 aromatic rings. The minimum Gasteiger partial charge on any atom is -0.466 e. The Balaban J connectivity index is 3.44. The van der Waals surface area contributed by atoms with Gasteiger partial charge < -0.3 is 20.3 Å². The molecule has 0 radical (unpaired) electrons. The van der Waals surface area contributed by atoms with Crippen LogP contribution in [0.1, 0.15) is 386 Å². The summed E-state index contributed by atoms with van der Waals surface area (Å²) < 4.78 is 5.49. The van der Waals surface area contributed by atoms with Crippen LogP contribution in [0.5, 0.6) is 0 Å². The van der Waals surface area contributed by atoms with Gasteiger partial charge in [0.2, 0.25) is 5.91 Å². The second-order valence-electron chi connectivity index (χ2n) is 23.9. The van der Waals surface area contributed by atoms with Crippen LogP contribution in [0.3, 0.4) is 0 Å². The molecule has 0 saturated carbocycles. The molecule has 0 aliphatic rings. The van der Waals surface area contributed by atoms with Crippen molar-refractivity contribution in [1.82, 2.24) is 5.32 Å². The molecular formula is C70H135NO5. The van der Waals surface area contributed by atoms with E-state index in [2.05, 4.69) is 43.5 Å². The van der Waals surface area contributed by atoms with Crippen molar-refractivity contribution in [2.24, 2.45) is 0 Å². The van der Waals surface area contributed by atoms with Crippen LogP contribution in [0.25, 0.3) is 0 Å². The SMILES string of the molecule is CCCCCCCC/C=C\CCCCCCCCCCCC(=O)OCCCCCC/C=C\CCCCCCCCCC(=O)NC(CO)C(O)CCCCCCCCCCCCCCCCCCCCCCCCCCC. The molecule has 0 aromatic heterocycles. The summed E-state index contributed by atoms with van der Waals surface area (Å²) >= 11 is 0. The van der Waals surface area contributed by atoms with Crippen molar-refractivity contribution in [3.8, 4) is 0 Å². The van der Waals surface area contributed by atoms with Crippen LogP contribution in [-0.4, -0.2) is 47.4 Å². The van der Waals surface area contributed by atoms with E-state index in [-0.39, 0.29) is 18.5 Å². The Hall–Kier alpha value is -1.66. The number of allylic oxidation sites excluding steroid dienone is 4. The largest absolute Gasteiger partial charge is 0.466 e. The number of aliphatic hydroxyl groups is 2. The number of carbonyl (C=O) groups excluding carboxylic acids is 2. The fourth-order valence-electron chi connectivity index (χ4n) is 10.9. The fraction of sp³-hybridized carbons (Fsp3) is 0.914. The zero-order valence-electron chi connectivity index (χ0n) is 51.5. The number of ether oxygens (including phenoxy) is 1. The number of hydrogen-bond acceptors (Lipinski definition) is 5. The molecule has 0 saturated heterocycles. The summed E-state index contributed by atoms with van der Waals surface area (Å²) in [6.07, 6.45) is 82.1. The maximum Gasteiger partial charge on any atom is 0.305 e. The molecule has 0 bridgehead atoms.